The first-order valence-corrected chi connectivity index (χ1v) is 3.06. The third kappa shape index (κ3) is 5.24. The van der Waals surface area contributed by atoms with Crippen molar-refractivity contribution in [3.05, 3.63) is 12.8 Å². The molecule has 0 fully saturated rings. The van der Waals surface area contributed by atoms with Crippen molar-refractivity contribution in [2.24, 2.45) is 10.7 Å². The van der Waals surface area contributed by atoms with Crippen molar-refractivity contribution in [2.75, 3.05) is 0 Å². The van der Waals surface area contributed by atoms with Crippen LogP contribution in [0.5, 0.6) is 0 Å². The summed E-state index contributed by atoms with van der Waals surface area (Å²) in [6, 6.07) is 0.202. The molecule has 0 aromatic heterocycles. The van der Waals surface area contributed by atoms with Crippen LogP contribution in [0, 0.1) is 0 Å². The summed E-state index contributed by atoms with van der Waals surface area (Å²) in [5.41, 5.74) is 6.55. The smallest absolute Gasteiger partial charge is 0.0195 e. The van der Waals surface area contributed by atoms with Crippen molar-refractivity contribution >= 4 is 5.71 Å². The van der Waals surface area contributed by atoms with Crippen molar-refractivity contribution < 1.29 is 0 Å². The van der Waals surface area contributed by atoms with Gasteiger partial charge in [0.1, 0.15) is 0 Å². The number of aliphatic imine (C=N–C) groups is 1. The van der Waals surface area contributed by atoms with Crippen molar-refractivity contribution in [1.29, 1.82) is 0 Å². The molecular formula is C7H14N2. The highest BCUT2D eigenvalue weighted by Gasteiger charge is 1.94. The molecule has 0 spiro atoms. The number of nitrogens with two attached hydrogens (primary N) is 1. The molecule has 0 aromatic rings. The summed E-state index contributed by atoms with van der Waals surface area (Å²) >= 11 is 0. The summed E-state index contributed by atoms with van der Waals surface area (Å²) in [6.07, 6.45) is 2.39. The van der Waals surface area contributed by atoms with E-state index < -0.39 is 0 Å². The molecule has 0 aliphatic heterocycles. The molecule has 0 rings (SSSR count). The van der Waals surface area contributed by atoms with E-state index in [9.17, 15) is 0 Å². The fraction of sp³-hybridized carbons (Fsp3) is 0.571. The molecule has 2 nitrogen and oxygen atoms in total. The molecule has 0 aliphatic carbocycles. The minimum Gasteiger partial charge on any atom is -0.328 e. The Labute approximate surface area is 56.5 Å². The highest BCUT2D eigenvalue weighted by atomic mass is 14.7. The second-order valence-corrected chi connectivity index (χ2v) is 2.23. The van der Waals surface area contributed by atoms with Crippen LogP contribution in [0.4, 0.5) is 0 Å². The van der Waals surface area contributed by atoms with Gasteiger partial charge >= 0.3 is 0 Å². The van der Waals surface area contributed by atoms with Gasteiger partial charge in [-0.1, -0.05) is 6.58 Å². The van der Waals surface area contributed by atoms with Gasteiger partial charge in [-0.3, -0.25) is 4.99 Å². The Hall–Kier alpha value is -0.630. The molecule has 0 saturated heterocycles. The summed E-state index contributed by atoms with van der Waals surface area (Å²) in [4.78, 5) is 3.97. The second kappa shape index (κ2) is 4.27. The van der Waals surface area contributed by atoms with E-state index in [1.54, 1.807) is 0 Å². The molecule has 0 radical (unpaired) electrons. The maximum Gasteiger partial charge on any atom is 0.0195 e. The highest BCUT2D eigenvalue weighted by Crippen LogP contribution is 1.90. The Balaban J connectivity index is 3.61. The minimum atomic E-state index is 0.202. The topological polar surface area (TPSA) is 38.4 Å². The Morgan fingerprint density at radius 3 is 2.78 bits per heavy atom. The summed E-state index contributed by atoms with van der Waals surface area (Å²) in [7, 11) is 0. The Morgan fingerprint density at radius 1 is 1.89 bits per heavy atom. The minimum absolute atomic E-state index is 0.202. The van der Waals surface area contributed by atoms with Crippen LogP contribution in [-0.2, 0) is 0 Å². The normalized spacial score (nSPS) is 15.2. The van der Waals surface area contributed by atoms with Crippen LogP contribution in [0.3, 0.4) is 0 Å². The van der Waals surface area contributed by atoms with Gasteiger partial charge < -0.3 is 5.73 Å². The first-order chi connectivity index (χ1) is 4.16. The van der Waals surface area contributed by atoms with Crippen molar-refractivity contribution in [2.45, 2.75) is 26.3 Å². The van der Waals surface area contributed by atoms with Gasteiger partial charge in [0.25, 0.3) is 0 Å². The molecule has 2 N–H and O–H groups in total. The quantitative estimate of drug-likeness (QED) is 0.569. The zero-order valence-electron chi connectivity index (χ0n) is 6.09. The zero-order chi connectivity index (χ0) is 7.28. The summed E-state index contributed by atoms with van der Waals surface area (Å²) in [5, 5.41) is 0. The molecule has 0 aromatic carbocycles. The lowest BCUT2D eigenvalue weighted by Gasteiger charge is -2.01. The maximum absolute atomic E-state index is 5.51. The van der Waals surface area contributed by atoms with Gasteiger partial charge in [0.2, 0.25) is 0 Å². The van der Waals surface area contributed by atoms with E-state index in [2.05, 4.69) is 11.6 Å². The predicted octanol–water partition coefficient (Wildman–Crippen LogP) is 1.33. The lowest BCUT2D eigenvalue weighted by Crippen LogP contribution is -2.17. The number of rotatable bonds is 3. The van der Waals surface area contributed by atoms with Crippen LogP contribution in [0.1, 0.15) is 20.3 Å². The van der Waals surface area contributed by atoms with Crippen LogP contribution >= 0.6 is 0 Å². The summed E-state index contributed by atoms with van der Waals surface area (Å²) in [6.45, 7) is 7.39. The van der Waals surface area contributed by atoms with Crippen LogP contribution in [0.2, 0.25) is 0 Å². The molecule has 52 valence electrons. The molecule has 0 amide bonds. The number of hydrogen-bond donors (Lipinski definition) is 1. The molecule has 1 atom stereocenters. The van der Waals surface area contributed by atoms with Gasteiger partial charge in [-0.15, -0.1) is 0 Å². The second-order valence-electron chi connectivity index (χ2n) is 2.23. The van der Waals surface area contributed by atoms with Gasteiger partial charge in [-0.05, 0) is 13.8 Å². The lowest BCUT2D eigenvalue weighted by molar-refractivity contribution is 0.777. The van der Waals surface area contributed by atoms with Gasteiger partial charge in [-0.25, -0.2) is 0 Å². The van der Waals surface area contributed by atoms with Crippen LogP contribution < -0.4 is 5.73 Å². The SMILES string of the molecule is C=CN=C(C)CC(C)N. The average Bonchev–Trinajstić information content (AvgIpc) is 1.63. The van der Waals surface area contributed by atoms with Crippen LogP contribution in [0.25, 0.3) is 0 Å². The molecule has 2 heteroatoms. The molecule has 1 unspecified atom stereocenters. The predicted molar refractivity (Wildman–Crippen MR) is 41.6 cm³/mol. The highest BCUT2D eigenvalue weighted by molar-refractivity contribution is 5.82. The average molecular weight is 126 g/mol. The van der Waals surface area contributed by atoms with Gasteiger partial charge in [-0.2, -0.15) is 0 Å². The fourth-order valence-electron chi connectivity index (χ4n) is 0.675. The Bertz CT molecular complexity index is 114. The van der Waals surface area contributed by atoms with Gasteiger partial charge in [0.15, 0.2) is 0 Å². The van der Waals surface area contributed by atoms with Crippen LogP contribution in [-0.4, -0.2) is 11.8 Å². The summed E-state index contributed by atoms with van der Waals surface area (Å²) in [5.74, 6) is 0. The van der Waals surface area contributed by atoms with E-state index in [0.29, 0.717) is 0 Å². The molecule has 0 heterocycles. The standard InChI is InChI=1S/C7H14N2/c1-4-9-7(3)5-6(2)8/h4,6H,1,5,8H2,2-3H3. The van der Waals surface area contributed by atoms with Crippen molar-refractivity contribution in [3.8, 4) is 0 Å². The van der Waals surface area contributed by atoms with E-state index in [0.717, 1.165) is 12.1 Å². The van der Waals surface area contributed by atoms with Crippen molar-refractivity contribution in [1.82, 2.24) is 0 Å². The number of nitrogens with zero attached hydrogens (tertiary/aromatic N) is 1. The monoisotopic (exact) mass is 126 g/mol. The zero-order valence-corrected chi connectivity index (χ0v) is 6.09. The van der Waals surface area contributed by atoms with Gasteiger partial charge in [0, 0.05) is 24.4 Å². The summed E-state index contributed by atoms with van der Waals surface area (Å²) < 4.78 is 0. The fourth-order valence-corrected chi connectivity index (χ4v) is 0.675. The van der Waals surface area contributed by atoms with Gasteiger partial charge in [0.05, 0.1) is 0 Å². The van der Waals surface area contributed by atoms with Crippen LogP contribution in [0.15, 0.2) is 17.8 Å². The third-order valence-electron chi connectivity index (χ3n) is 0.929. The van der Waals surface area contributed by atoms with E-state index in [4.69, 9.17) is 5.73 Å². The third-order valence-corrected chi connectivity index (χ3v) is 0.929. The van der Waals surface area contributed by atoms with E-state index in [1.807, 2.05) is 13.8 Å². The van der Waals surface area contributed by atoms with E-state index >= 15 is 0 Å². The maximum atomic E-state index is 5.51. The van der Waals surface area contributed by atoms with E-state index in [1.165, 1.54) is 6.20 Å². The molecule has 0 aliphatic rings. The molecule has 0 saturated carbocycles. The first kappa shape index (κ1) is 8.37. The lowest BCUT2D eigenvalue weighted by atomic mass is 10.2. The molecule has 9 heavy (non-hydrogen) atoms. The number of hydrogen-bond acceptors (Lipinski definition) is 2. The molecular weight excluding hydrogens is 112 g/mol. The van der Waals surface area contributed by atoms with Crippen molar-refractivity contribution in [3.63, 3.8) is 0 Å². The Kier molecular flexibility index (Phi) is 3.97. The Morgan fingerprint density at radius 2 is 2.44 bits per heavy atom. The largest absolute Gasteiger partial charge is 0.328 e. The van der Waals surface area contributed by atoms with E-state index in [-0.39, 0.29) is 6.04 Å². The molecule has 0 bridgehead atoms. The first-order valence-electron chi connectivity index (χ1n) is 3.06.